The van der Waals surface area contributed by atoms with Gasteiger partial charge in [-0.1, -0.05) is 49.4 Å². The maximum atomic E-state index is 3.82. The third kappa shape index (κ3) is 3.35. The van der Waals surface area contributed by atoms with Crippen LogP contribution in [0.1, 0.15) is 24.9 Å². The monoisotopic (exact) mass is 215 g/mol. The summed E-state index contributed by atoms with van der Waals surface area (Å²) in [4.78, 5) is 2.38. The van der Waals surface area contributed by atoms with E-state index in [4.69, 9.17) is 0 Å². The first kappa shape index (κ1) is 12.7. The van der Waals surface area contributed by atoms with Gasteiger partial charge in [-0.3, -0.25) is 4.90 Å². The molecule has 1 unspecified atom stereocenters. The predicted molar refractivity (Wildman–Crippen MR) is 71.4 cm³/mol. The highest BCUT2D eigenvalue weighted by molar-refractivity contribution is 5.19. The molecule has 0 heterocycles. The van der Waals surface area contributed by atoms with Crippen molar-refractivity contribution < 1.29 is 0 Å². The van der Waals surface area contributed by atoms with E-state index in [1.54, 1.807) is 0 Å². The van der Waals surface area contributed by atoms with Gasteiger partial charge in [0, 0.05) is 19.1 Å². The van der Waals surface area contributed by atoms with Crippen LogP contribution in [0.4, 0.5) is 0 Å². The molecule has 1 heteroatoms. The molecule has 0 saturated heterocycles. The summed E-state index contributed by atoms with van der Waals surface area (Å²) in [6.07, 6.45) is 5.01. The van der Waals surface area contributed by atoms with Crippen molar-refractivity contribution >= 4 is 0 Å². The Hall–Kier alpha value is -1.34. The maximum Gasteiger partial charge on any atom is 0.0352 e. The van der Waals surface area contributed by atoms with Crippen molar-refractivity contribution in [2.45, 2.75) is 19.4 Å². The third-order valence-corrected chi connectivity index (χ3v) is 2.74. The first-order chi connectivity index (χ1) is 7.83. The molecule has 0 aliphatic rings. The molecule has 0 fully saturated rings. The summed E-state index contributed by atoms with van der Waals surface area (Å²) in [6.45, 7) is 11.7. The summed E-state index contributed by atoms with van der Waals surface area (Å²) in [5, 5.41) is 0. The summed E-state index contributed by atoms with van der Waals surface area (Å²) in [6, 6.07) is 11.1. The van der Waals surface area contributed by atoms with E-state index >= 15 is 0 Å². The Kier molecular flexibility index (Phi) is 5.58. The van der Waals surface area contributed by atoms with Gasteiger partial charge in [0.05, 0.1) is 0 Å². The zero-order valence-electron chi connectivity index (χ0n) is 10.1. The lowest BCUT2D eigenvalue weighted by atomic mass is 10.0. The number of nitrogens with zero attached hydrogens (tertiary/aromatic N) is 1. The fourth-order valence-corrected chi connectivity index (χ4v) is 2.04. The fourth-order valence-electron chi connectivity index (χ4n) is 2.04. The Morgan fingerprint density at radius 2 is 1.69 bits per heavy atom. The second kappa shape index (κ2) is 7.02. The van der Waals surface area contributed by atoms with Crippen molar-refractivity contribution in [2.75, 3.05) is 13.1 Å². The Morgan fingerprint density at radius 3 is 2.12 bits per heavy atom. The standard InChI is InChI=1S/C15H21N/c1-4-12-16(13-5-2)15(6-3)14-10-8-7-9-11-14/h4-5,7-11,15H,1-2,6,12-13H2,3H3. The summed E-state index contributed by atoms with van der Waals surface area (Å²) >= 11 is 0. The summed E-state index contributed by atoms with van der Waals surface area (Å²) in [5.41, 5.74) is 1.37. The normalized spacial score (nSPS) is 12.4. The number of benzene rings is 1. The first-order valence-corrected chi connectivity index (χ1v) is 5.84. The molecule has 1 atom stereocenters. The highest BCUT2D eigenvalue weighted by Crippen LogP contribution is 2.23. The molecular weight excluding hydrogens is 194 g/mol. The van der Waals surface area contributed by atoms with Gasteiger partial charge in [0.2, 0.25) is 0 Å². The molecule has 0 amide bonds. The van der Waals surface area contributed by atoms with Crippen molar-refractivity contribution in [2.24, 2.45) is 0 Å². The molecule has 1 nitrogen and oxygen atoms in total. The van der Waals surface area contributed by atoms with Crippen molar-refractivity contribution in [3.8, 4) is 0 Å². The Balaban J connectivity index is 2.85. The minimum absolute atomic E-state index is 0.456. The van der Waals surface area contributed by atoms with Gasteiger partial charge in [0.1, 0.15) is 0 Å². The molecule has 0 bridgehead atoms. The molecule has 1 aromatic carbocycles. The topological polar surface area (TPSA) is 3.24 Å². The van der Waals surface area contributed by atoms with E-state index in [1.807, 2.05) is 12.2 Å². The van der Waals surface area contributed by atoms with E-state index in [0.717, 1.165) is 19.5 Å². The fraction of sp³-hybridized carbons (Fsp3) is 0.333. The van der Waals surface area contributed by atoms with E-state index in [0.29, 0.717) is 6.04 Å². The molecule has 0 N–H and O–H groups in total. The number of hydrogen-bond donors (Lipinski definition) is 0. The molecular formula is C15H21N. The van der Waals surface area contributed by atoms with Gasteiger partial charge in [0.25, 0.3) is 0 Å². The van der Waals surface area contributed by atoms with Crippen LogP contribution in [0.3, 0.4) is 0 Å². The van der Waals surface area contributed by atoms with Crippen molar-refractivity contribution in [3.05, 3.63) is 61.2 Å². The van der Waals surface area contributed by atoms with Gasteiger partial charge in [-0.15, -0.1) is 13.2 Å². The molecule has 1 aromatic rings. The van der Waals surface area contributed by atoms with E-state index < -0.39 is 0 Å². The molecule has 0 saturated carbocycles. The Bertz CT molecular complexity index is 305. The zero-order valence-corrected chi connectivity index (χ0v) is 10.1. The quantitative estimate of drug-likeness (QED) is 0.625. The minimum atomic E-state index is 0.456. The van der Waals surface area contributed by atoms with E-state index in [9.17, 15) is 0 Å². The Morgan fingerprint density at radius 1 is 1.12 bits per heavy atom. The second-order valence-electron chi connectivity index (χ2n) is 3.87. The van der Waals surface area contributed by atoms with Crippen LogP contribution in [-0.2, 0) is 0 Å². The van der Waals surface area contributed by atoms with Gasteiger partial charge >= 0.3 is 0 Å². The van der Waals surface area contributed by atoms with E-state index in [1.165, 1.54) is 5.56 Å². The van der Waals surface area contributed by atoms with Gasteiger partial charge < -0.3 is 0 Å². The van der Waals surface area contributed by atoms with Crippen molar-refractivity contribution in [1.29, 1.82) is 0 Å². The minimum Gasteiger partial charge on any atom is -0.289 e. The zero-order chi connectivity index (χ0) is 11.8. The lowest BCUT2D eigenvalue weighted by molar-refractivity contribution is 0.237. The smallest absolute Gasteiger partial charge is 0.0352 e. The lowest BCUT2D eigenvalue weighted by Crippen LogP contribution is -2.28. The average Bonchev–Trinajstić information content (AvgIpc) is 2.32. The van der Waals surface area contributed by atoms with Crippen LogP contribution in [0.5, 0.6) is 0 Å². The molecule has 0 spiro atoms. The average molecular weight is 215 g/mol. The van der Waals surface area contributed by atoms with Gasteiger partial charge in [0.15, 0.2) is 0 Å². The van der Waals surface area contributed by atoms with Crippen LogP contribution in [0.2, 0.25) is 0 Å². The van der Waals surface area contributed by atoms with E-state index in [-0.39, 0.29) is 0 Å². The summed E-state index contributed by atoms with van der Waals surface area (Å²) in [7, 11) is 0. The predicted octanol–water partition coefficient (Wildman–Crippen LogP) is 3.81. The molecule has 0 radical (unpaired) electrons. The van der Waals surface area contributed by atoms with Crippen LogP contribution in [0, 0.1) is 0 Å². The molecule has 0 aromatic heterocycles. The van der Waals surface area contributed by atoms with Crippen molar-refractivity contribution in [3.63, 3.8) is 0 Å². The Labute approximate surface area is 99.1 Å². The van der Waals surface area contributed by atoms with Crippen LogP contribution >= 0.6 is 0 Å². The van der Waals surface area contributed by atoms with Gasteiger partial charge in [-0.25, -0.2) is 0 Å². The molecule has 0 aliphatic carbocycles. The van der Waals surface area contributed by atoms with Crippen LogP contribution < -0.4 is 0 Å². The lowest BCUT2D eigenvalue weighted by Gasteiger charge is -2.29. The third-order valence-electron chi connectivity index (χ3n) is 2.74. The van der Waals surface area contributed by atoms with Crippen molar-refractivity contribution in [1.82, 2.24) is 4.90 Å². The highest BCUT2D eigenvalue weighted by atomic mass is 15.1. The molecule has 16 heavy (non-hydrogen) atoms. The molecule has 1 rings (SSSR count). The van der Waals surface area contributed by atoms with Gasteiger partial charge in [-0.05, 0) is 12.0 Å². The summed E-state index contributed by atoms with van der Waals surface area (Å²) in [5.74, 6) is 0. The highest BCUT2D eigenvalue weighted by Gasteiger charge is 2.15. The molecule has 0 aliphatic heterocycles. The maximum absolute atomic E-state index is 3.82. The van der Waals surface area contributed by atoms with Crippen LogP contribution in [0.25, 0.3) is 0 Å². The number of rotatable bonds is 7. The second-order valence-corrected chi connectivity index (χ2v) is 3.87. The van der Waals surface area contributed by atoms with Crippen LogP contribution in [0.15, 0.2) is 55.6 Å². The SMILES string of the molecule is C=CCN(CC=C)C(CC)c1ccccc1. The number of hydrogen-bond acceptors (Lipinski definition) is 1. The largest absolute Gasteiger partial charge is 0.289 e. The first-order valence-electron chi connectivity index (χ1n) is 5.84. The summed E-state index contributed by atoms with van der Waals surface area (Å²) < 4.78 is 0. The van der Waals surface area contributed by atoms with Gasteiger partial charge in [-0.2, -0.15) is 0 Å². The molecule has 86 valence electrons. The van der Waals surface area contributed by atoms with Crippen LogP contribution in [-0.4, -0.2) is 18.0 Å². The van der Waals surface area contributed by atoms with E-state index in [2.05, 4.69) is 55.3 Å².